The maximum atomic E-state index is 13.6. The fourth-order valence-electron chi connectivity index (χ4n) is 4.27. The lowest BCUT2D eigenvalue weighted by molar-refractivity contribution is -0.140. The van der Waals surface area contributed by atoms with E-state index in [1.54, 1.807) is 42.5 Å². The Morgan fingerprint density at radius 2 is 1.78 bits per heavy atom. The lowest BCUT2D eigenvalue weighted by atomic mass is 9.94. The van der Waals surface area contributed by atoms with Gasteiger partial charge in [0.1, 0.15) is 11.5 Å². The first-order valence-corrected chi connectivity index (χ1v) is 11.5. The summed E-state index contributed by atoms with van der Waals surface area (Å²) >= 11 is 0. The van der Waals surface area contributed by atoms with Crippen LogP contribution in [-0.4, -0.2) is 56.3 Å². The highest BCUT2D eigenvalue weighted by Gasteiger charge is 2.52. The third kappa shape index (κ3) is 4.84. The van der Waals surface area contributed by atoms with Gasteiger partial charge in [0.15, 0.2) is 0 Å². The van der Waals surface area contributed by atoms with Gasteiger partial charge < -0.3 is 30.1 Å². The molecule has 0 saturated carbocycles. The summed E-state index contributed by atoms with van der Waals surface area (Å²) in [5.41, 5.74) is -0.355. The number of carbonyl (C=O) groups excluding carboxylic acids is 2. The molecule has 0 aliphatic carbocycles. The van der Waals surface area contributed by atoms with Crippen molar-refractivity contribution in [2.75, 3.05) is 44.6 Å². The van der Waals surface area contributed by atoms with Crippen LogP contribution in [0.4, 0.5) is 16.2 Å². The third-order valence-corrected chi connectivity index (χ3v) is 6.09. The molecule has 3 N–H and O–H groups in total. The predicted molar refractivity (Wildman–Crippen MR) is 137 cm³/mol. The normalized spacial score (nSPS) is 16.8. The number of nitrogens with zero attached hydrogens (tertiary/aromatic N) is 2. The number of ether oxygens (including phenoxy) is 2. The molecule has 0 saturated heterocycles. The van der Waals surface area contributed by atoms with Gasteiger partial charge in [0.2, 0.25) is 0 Å². The SMILES string of the molecule is COc1ccc(N2C(=O)Nc3ccccc3[C@]2(O)C(=O)NCCN(C)Cc2ccccc2)c(OC)c1. The van der Waals surface area contributed by atoms with Gasteiger partial charge in [0.05, 0.1) is 25.6 Å². The van der Waals surface area contributed by atoms with Gasteiger partial charge in [-0.15, -0.1) is 0 Å². The van der Waals surface area contributed by atoms with E-state index in [1.165, 1.54) is 14.2 Å². The second-order valence-electron chi connectivity index (χ2n) is 8.50. The van der Waals surface area contributed by atoms with Crippen molar-refractivity contribution >= 4 is 23.3 Å². The number of methoxy groups -OCH3 is 2. The number of aliphatic hydroxyl groups is 1. The van der Waals surface area contributed by atoms with Crippen LogP contribution >= 0.6 is 0 Å². The number of urea groups is 1. The third-order valence-electron chi connectivity index (χ3n) is 6.09. The lowest BCUT2D eigenvalue weighted by Gasteiger charge is -2.43. The zero-order chi connectivity index (χ0) is 25.7. The maximum absolute atomic E-state index is 13.6. The van der Waals surface area contributed by atoms with Crippen molar-refractivity contribution in [2.45, 2.75) is 12.3 Å². The van der Waals surface area contributed by atoms with Crippen molar-refractivity contribution in [1.29, 1.82) is 0 Å². The molecule has 0 spiro atoms. The highest BCUT2D eigenvalue weighted by atomic mass is 16.5. The van der Waals surface area contributed by atoms with Crippen LogP contribution in [0.2, 0.25) is 0 Å². The number of amides is 3. The molecular formula is C27H30N4O5. The first-order valence-electron chi connectivity index (χ1n) is 11.5. The van der Waals surface area contributed by atoms with E-state index in [1.807, 2.05) is 37.4 Å². The molecule has 0 unspecified atom stereocenters. The largest absolute Gasteiger partial charge is 0.497 e. The lowest BCUT2D eigenvalue weighted by Crippen LogP contribution is -2.63. The maximum Gasteiger partial charge on any atom is 0.329 e. The van der Waals surface area contributed by atoms with Crippen molar-refractivity contribution in [2.24, 2.45) is 0 Å². The topological polar surface area (TPSA) is 103 Å². The van der Waals surface area contributed by atoms with Crippen molar-refractivity contribution in [3.63, 3.8) is 0 Å². The number of hydrogen-bond acceptors (Lipinski definition) is 6. The molecule has 1 aliphatic rings. The predicted octanol–water partition coefficient (Wildman–Crippen LogP) is 3.15. The Balaban J connectivity index is 1.62. The van der Waals surface area contributed by atoms with E-state index in [4.69, 9.17) is 9.47 Å². The highest BCUT2D eigenvalue weighted by Crippen LogP contribution is 2.43. The molecule has 1 aliphatic heterocycles. The van der Waals surface area contributed by atoms with Gasteiger partial charge in [-0.1, -0.05) is 48.5 Å². The van der Waals surface area contributed by atoms with Crippen molar-refractivity contribution in [3.05, 3.63) is 83.9 Å². The van der Waals surface area contributed by atoms with Gasteiger partial charge >= 0.3 is 6.03 Å². The number of para-hydroxylation sites is 1. The van der Waals surface area contributed by atoms with Crippen molar-refractivity contribution in [3.8, 4) is 11.5 Å². The van der Waals surface area contributed by atoms with Crippen LogP contribution < -0.4 is 25.0 Å². The molecule has 1 heterocycles. The Labute approximate surface area is 210 Å². The highest BCUT2D eigenvalue weighted by molar-refractivity contribution is 6.12. The molecule has 0 fully saturated rings. The van der Waals surface area contributed by atoms with Crippen LogP contribution in [0.5, 0.6) is 11.5 Å². The summed E-state index contributed by atoms with van der Waals surface area (Å²) in [4.78, 5) is 29.9. The van der Waals surface area contributed by atoms with Crippen LogP contribution in [0.3, 0.4) is 0 Å². The number of likely N-dealkylation sites (N-methyl/N-ethyl adjacent to an activating group) is 1. The molecule has 188 valence electrons. The number of benzene rings is 3. The number of fused-ring (bicyclic) bond motifs is 1. The summed E-state index contributed by atoms with van der Waals surface area (Å²) in [6, 6.07) is 20.8. The molecular weight excluding hydrogens is 460 g/mol. The van der Waals surface area contributed by atoms with Crippen LogP contribution in [0.25, 0.3) is 0 Å². The van der Waals surface area contributed by atoms with Gasteiger partial charge in [-0.25, -0.2) is 9.69 Å². The van der Waals surface area contributed by atoms with Crippen molar-refractivity contribution < 1.29 is 24.2 Å². The number of hydrogen-bond donors (Lipinski definition) is 3. The summed E-state index contributed by atoms with van der Waals surface area (Å²) in [5, 5.41) is 17.5. The minimum absolute atomic E-state index is 0.212. The molecule has 3 amide bonds. The zero-order valence-corrected chi connectivity index (χ0v) is 20.5. The quantitative estimate of drug-likeness (QED) is 0.426. The van der Waals surface area contributed by atoms with E-state index in [2.05, 4.69) is 15.5 Å². The molecule has 3 aromatic carbocycles. The fourth-order valence-corrected chi connectivity index (χ4v) is 4.27. The van der Waals surface area contributed by atoms with Crippen LogP contribution in [0.15, 0.2) is 72.8 Å². The minimum atomic E-state index is -2.32. The molecule has 9 heteroatoms. The first kappa shape index (κ1) is 25.0. The van der Waals surface area contributed by atoms with Gasteiger partial charge in [-0.2, -0.15) is 0 Å². The van der Waals surface area contributed by atoms with Gasteiger partial charge in [0, 0.05) is 31.3 Å². The molecule has 0 aromatic heterocycles. The van der Waals surface area contributed by atoms with Crippen LogP contribution in [0, 0.1) is 0 Å². The summed E-state index contributed by atoms with van der Waals surface area (Å²) < 4.78 is 10.7. The van der Waals surface area contributed by atoms with Gasteiger partial charge in [-0.3, -0.25) is 4.79 Å². The van der Waals surface area contributed by atoms with E-state index in [-0.39, 0.29) is 23.5 Å². The molecule has 36 heavy (non-hydrogen) atoms. The van der Waals surface area contributed by atoms with Crippen LogP contribution in [0.1, 0.15) is 11.1 Å². The second-order valence-corrected chi connectivity index (χ2v) is 8.50. The first-order chi connectivity index (χ1) is 17.4. The van der Waals surface area contributed by atoms with E-state index < -0.39 is 17.7 Å². The summed E-state index contributed by atoms with van der Waals surface area (Å²) in [6.07, 6.45) is 0. The van der Waals surface area contributed by atoms with Gasteiger partial charge in [0.25, 0.3) is 11.6 Å². The fraction of sp³-hybridized carbons (Fsp3) is 0.259. The molecule has 0 bridgehead atoms. The molecule has 1 atom stereocenters. The number of rotatable bonds is 9. The van der Waals surface area contributed by atoms with E-state index >= 15 is 0 Å². The standard InChI is InChI=1S/C27H30N4O5/c1-30(18-19-9-5-4-6-10-19)16-15-28-25(32)27(34)21-11-7-8-12-22(21)29-26(33)31(27)23-14-13-20(35-2)17-24(23)36-3/h4-14,17,34H,15-16,18H2,1-3H3,(H,28,32)(H,29,33)/t27-/m0/s1. The van der Waals surface area contributed by atoms with E-state index in [0.29, 0.717) is 24.5 Å². The molecule has 3 aromatic rings. The van der Waals surface area contributed by atoms with E-state index in [0.717, 1.165) is 10.5 Å². The molecule has 4 rings (SSSR count). The second kappa shape index (κ2) is 10.7. The Bertz CT molecular complexity index is 1240. The smallest absolute Gasteiger partial charge is 0.329 e. The summed E-state index contributed by atoms with van der Waals surface area (Å²) in [5.74, 6) is 0.0383. The molecule has 9 nitrogen and oxygen atoms in total. The number of anilines is 2. The average Bonchev–Trinajstić information content (AvgIpc) is 2.89. The van der Waals surface area contributed by atoms with Gasteiger partial charge in [-0.05, 0) is 30.8 Å². The average molecular weight is 491 g/mol. The molecule has 0 radical (unpaired) electrons. The Hall–Kier alpha value is -4.08. The summed E-state index contributed by atoms with van der Waals surface area (Å²) in [6.45, 7) is 1.51. The minimum Gasteiger partial charge on any atom is -0.497 e. The Kier molecular flexibility index (Phi) is 7.42. The zero-order valence-electron chi connectivity index (χ0n) is 20.5. The van der Waals surface area contributed by atoms with Crippen LogP contribution in [-0.2, 0) is 17.1 Å². The number of nitrogens with one attached hydrogen (secondary N) is 2. The number of carbonyl (C=O) groups is 2. The van der Waals surface area contributed by atoms with E-state index in [9.17, 15) is 14.7 Å². The Morgan fingerprint density at radius 3 is 2.50 bits per heavy atom. The van der Waals surface area contributed by atoms with Crippen molar-refractivity contribution in [1.82, 2.24) is 10.2 Å². The Morgan fingerprint density at radius 1 is 1.06 bits per heavy atom. The monoisotopic (exact) mass is 490 g/mol. The summed E-state index contributed by atoms with van der Waals surface area (Å²) in [7, 11) is 4.90.